The molecule has 0 spiro atoms. The van der Waals surface area contributed by atoms with Crippen LogP contribution in [-0.2, 0) is 0 Å². The lowest BCUT2D eigenvalue weighted by Crippen LogP contribution is -2.34. The molecule has 1 rings (SSSR count). The summed E-state index contributed by atoms with van der Waals surface area (Å²) in [5.74, 6) is 0.659. The van der Waals surface area contributed by atoms with E-state index >= 15 is 0 Å². The van der Waals surface area contributed by atoms with Crippen molar-refractivity contribution in [3.63, 3.8) is 0 Å². The van der Waals surface area contributed by atoms with Crippen molar-refractivity contribution in [2.75, 3.05) is 27.7 Å². The highest BCUT2D eigenvalue weighted by Crippen LogP contribution is 2.25. The number of nitrogens with one attached hydrogen (secondary N) is 1. The van der Waals surface area contributed by atoms with Gasteiger partial charge in [-0.2, -0.15) is 0 Å². The lowest BCUT2D eigenvalue weighted by atomic mass is 10.1. The Kier molecular flexibility index (Phi) is 6.31. The minimum atomic E-state index is -0.0605. The van der Waals surface area contributed by atoms with Crippen LogP contribution in [-0.4, -0.2) is 44.6 Å². The summed E-state index contributed by atoms with van der Waals surface area (Å²) in [5.41, 5.74) is 0.629. The molecule has 0 aromatic heterocycles. The predicted octanol–water partition coefficient (Wildman–Crippen LogP) is 2.53. The maximum Gasteiger partial charge on any atom is 0.251 e. The molecule has 1 amide bonds. The number of carbonyl (C=O) groups is 1. The minimum absolute atomic E-state index is 0.0605. The van der Waals surface area contributed by atoms with Gasteiger partial charge in [0.25, 0.3) is 5.91 Å². The molecule has 1 aromatic carbocycles. The molecule has 1 atom stereocenters. The van der Waals surface area contributed by atoms with Crippen LogP contribution in [0, 0.1) is 0 Å². The zero-order valence-corrected chi connectivity index (χ0v) is 13.5. The van der Waals surface area contributed by atoms with Gasteiger partial charge >= 0.3 is 0 Å². The van der Waals surface area contributed by atoms with E-state index in [-0.39, 0.29) is 11.9 Å². The Balaban J connectivity index is 2.60. The van der Waals surface area contributed by atoms with Crippen LogP contribution in [0.4, 0.5) is 0 Å². The van der Waals surface area contributed by atoms with Gasteiger partial charge in [-0.3, -0.25) is 4.79 Å². The second kappa shape index (κ2) is 7.50. The molecule has 0 bridgehead atoms. The van der Waals surface area contributed by atoms with Gasteiger partial charge < -0.3 is 15.0 Å². The van der Waals surface area contributed by atoms with E-state index in [1.165, 1.54) is 0 Å². The summed E-state index contributed by atoms with van der Waals surface area (Å²) < 4.78 is 5.92. The van der Waals surface area contributed by atoms with Gasteiger partial charge in [0, 0.05) is 11.6 Å². The summed E-state index contributed by atoms with van der Waals surface area (Å²) in [6, 6.07) is 5.46. The minimum Gasteiger partial charge on any atom is -0.496 e. The normalized spacial score (nSPS) is 12.3. The highest BCUT2D eigenvalue weighted by Gasteiger charge is 2.11. The lowest BCUT2D eigenvalue weighted by Gasteiger charge is -2.17. The van der Waals surface area contributed by atoms with E-state index in [4.69, 9.17) is 4.74 Å². The van der Waals surface area contributed by atoms with E-state index in [0.29, 0.717) is 5.56 Å². The molecule has 4 nitrogen and oxygen atoms in total. The molecule has 0 radical (unpaired) electrons. The Morgan fingerprint density at radius 2 is 2.16 bits per heavy atom. The maximum atomic E-state index is 12.1. The van der Waals surface area contributed by atoms with Crippen molar-refractivity contribution in [2.24, 2.45) is 0 Å². The molecule has 0 saturated heterocycles. The number of amides is 1. The van der Waals surface area contributed by atoms with Crippen LogP contribution >= 0.6 is 15.9 Å². The number of hydrogen-bond donors (Lipinski definition) is 1. The van der Waals surface area contributed by atoms with Crippen molar-refractivity contribution in [2.45, 2.75) is 19.4 Å². The molecule has 1 N–H and O–H groups in total. The smallest absolute Gasteiger partial charge is 0.251 e. The van der Waals surface area contributed by atoms with E-state index in [9.17, 15) is 4.79 Å². The number of nitrogens with zero attached hydrogens (tertiary/aromatic N) is 1. The second-order valence-electron chi connectivity index (χ2n) is 4.82. The molecular formula is C14H21BrN2O2. The molecule has 1 aromatic rings. The maximum absolute atomic E-state index is 12.1. The third-order valence-corrected chi connectivity index (χ3v) is 3.42. The number of halogens is 1. The van der Waals surface area contributed by atoms with Gasteiger partial charge in [0.2, 0.25) is 0 Å². The highest BCUT2D eigenvalue weighted by atomic mass is 79.9. The molecule has 0 saturated carbocycles. The molecule has 0 heterocycles. The van der Waals surface area contributed by atoms with Crippen LogP contribution < -0.4 is 10.1 Å². The monoisotopic (exact) mass is 328 g/mol. The Morgan fingerprint density at radius 1 is 1.47 bits per heavy atom. The Hall–Kier alpha value is -1.07. The first-order chi connectivity index (χ1) is 8.93. The topological polar surface area (TPSA) is 41.6 Å². The average molecular weight is 329 g/mol. The summed E-state index contributed by atoms with van der Waals surface area (Å²) in [5, 5.41) is 2.99. The van der Waals surface area contributed by atoms with Gasteiger partial charge in [0.15, 0.2) is 0 Å². The molecule has 0 aliphatic rings. The third kappa shape index (κ3) is 5.20. The molecule has 1 unspecified atom stereocenters. The van der Waals surface area contributed by atoms with Gasteiger partial charge in [-0.05, 0) is 68.1 Å². The van der Waals surface area contributed by atoms with E-state index in [2.05, 4.69) is 26.1 Å². The van der Waals surface area contributed by atoms with Gasteiger partial charge in [-0.15, -0.1) is 0 Å². The standard InChI is InChI=1S/C14H21BrN2O2/c1-10(7-8-17(2)3)16-14(18)11-5-6-13(19-4)12(15)9-11/h5-6,9-10H,7-8H2,1-4H3,(H,16,18). The van der Waals surface area contributed by atoms with Gasteiger partial charge in [-0.25, -0.2) is 0 Å². The van der Waals surface area contributed by atoms with E-state index in [1.807, 2.05) is 21.0 Å². The van der Waals surface area contributed by atoms with E-state index < -0.39 is 0 Å². The van der Waals surface area contributed by atoms with Gasteiger partial charge in [0.1, 0.15) is 5.75 Å². The Bertz CT molecular complexity index is 435. The summed E-state index contributed by atoms with van der Waals surface area (Å²) in [6.45, 7) is 2.97. The van der Waals surface area contributed by atoms with Crippen molar-refractivity contribution in [3.05, 3.63) is 28.2 Å². The van der Waals surface area contributed by atoms with Gasteiger partial charge in [-0.1, -0.05) is 0 Å². The summed E-state index contributed by atoms with van der Waals surface area (Å²) in [4.78, 5) is 14.2. The first kappa shape index (κ1) is 16.0. The molecule has 19 heavy (non-hydrogen) atoms. The average Bonchev–Trinajstić information content (AvgIpc) is 2.36. The number of carbonyl (C=O) groups excluding carboxylic acids is 1. The fraction of sp³-hybridized carbons (Fsp3) is 0.500. The summed E-state index contributed by atoms with van der Waals surface area (Å²) >= 11 is 3.38. The van der Waals surface area contributed by atoms with Crippen molar-refractivity contribution in [1.29, 1.82) is 0 Å². The second-order valence-corrected chi connectivity index (χ2v) is 5.67. The molecule has 0 fully saturated rings. The summed E-state index contributed by atoms with van der Waals surface area (Å²) in [7, 11) is 5.65. The third-order valence-electron chi connectivity index (χ3n) is 2.80. The molecular weight excluding hydrogens is 308 g/mol. The Morgan fingerprint density at radius 3 is 2.68 bits per heavy atom. The highest BCUT2D eigenvalue weighted by molar-refractivity contribution is 9.10. The zero-order chi connectivity index (χ0) is 14.4. The SMILES string of the molecule is COc1ccc(C(=O)NC(C)CCN(C)C)cc1Br. The first-order valence-electron chi connectivity index (χ1n) is 6.23. The van der Waals surface area contributed by atoms with Gasteiger partial charge in [0.05, 0.1) is 11.6 Å². The fourth-order valence-corrected chi connectivity index (χ4v) is 2.18. The van der Waals surface area contributed by atoms with Crippen molar-refractivity contribution in [3.8, 4) is 5.75 Å². The van der Waals surface area contributed by atoms with Crippen LogP contribution in [0.1, 0.15) is 23.7 Å². The quantitative estimate of drug-likeness (QED) is 0.872. The van der Waals surface area contributed by atoms with Crippen LogP contribution in [0.3, 0.4) is 0 Å². The molecule has 0 aliphatic carbocycles. The van der Waals surface area contributed by atoms with Crippen molar-refractivity contribution >= 4 is 21.8 Å². The molecule has 5 heteroatoms. The predicted molar refractivity (Wildman–Crippen MR) is 80.8 cm³/mol. The number of hydrogen-bond acceptors (Lipinski definition) is 3. The van der Waals surface area contributed by atoms with Crippen LogP contribution in [0.15, 0.2) is 22.7 Å². The van der Waals surface area contributed by atoms with E-state index in [1.54, 1.807) is 25.3 Å². The lowest BCUT2D eigenvalue weighted by molar-refractivity contribution is 0.0936. The zero-order valence-electron chi connectivity index (χ0n) is 11.9. The molecule has 106 valence electrons. The fourth-order valence-electron chi connectivity index (χ4n) is 1.64. The number of methoxy groups -OCH3 is 1. The van der Waals surface area contributed by atoms with Crippen molar-refractivity contribution < 1.29 is 9.53 Å². The van der Waals surface area contributed by atoms with Crippen LogP contribution in [0.25, 0.3) is 0 Å². The number of benzene rings is 1. The molecule has 0 aliphatic heterocycles. The van der Waals surface area contributed by atoms with Crippen LogP contribution in [0.2, 0.25) is 0 Å². The van der Waals surface area contributed by atoms with Crippen molar-refractivity contribution in [1.82, 2.24) is 10.2 Å². The van der Waals surface area contributed by atoms with E-state index in [0.717, 1.165) is 23.2 Å². The number of rotatable bonds is 6. The first-order valence-corrected chi connectivity index (χ1v) is 7.02. The Labute approximate surface area is 123 Å². The number of ether oxygens (including phenoxy) is 1. The summed E-state index contributed by atoms with van der Waals surface area (Å²) in [6.07, 6.45) is 0.927. The largest absolute Gasteiger partial charge is 0.496 e. The van der Waals surface area contributed by atoms with Crippen LogP contribution in [0.5, 0.6) is 5.75 Å².